The minimum atomic E-state index is 0.0790. The van der Waals surface area contributed by atoms with Crippen LogP contribution in [0.1, 0.15) is 11.1 Å². The first-order chi connectivity index (χ1) is 6.00. The van der Waals surface area contributed by atoms with E-state index in [0.29, 0.717) is 21.6 Å². The van der Waals surface area contributed by atoms with Gasteiger partial charge < -0.3 is 10.2 Å². The van der Waals surface area contributed by atoms with Crippen LogP contribution in [0, 0.1) is 13.8 Å². The van der Waals surface area contributed by atoms with E-state index in [1.165, 1.54) is 5.54 Å². The smallest absolute Gasteiger partial charge is 0.127 e. The van der Waals surface area contributed by atoms with Crippen LogP contribution in [0.3, 0.4) is 0 Å². The Hall–Kier alpha value is -1.15. The minimum Gasteiger partial charge on any atom is -0.507 e. The molecule has 1 rings (SSSR count). The number of rotatable bonds is 0. The average molecular weight is 199 g/mol. The van der Waals surface area contributed by atoms with E-state index in [2.05, 4.69) is 6.58 Å². The molecular formula is C10H11ClO2. The molecule has 0 spiro atoms. The quantitative estimate of drug-likeness (QED) is 0.613. The third-order valence-electron chi connectivity index (χ3n) is 2.22. The molecule has 0 amide bonds. The van der Waals surface area contributed by atoms with Gasteiger partial charge in [-0.05, 0) is 13.8 Å². The maximum atomic E-state index is 9.62. The highest BCUT2D eigenvalue weighted by atomic mass is 35.5. The van der Waals surface area contributed by atoms with Crippen molar-refractivity contribution in [2.75, 3.05) is 0 Å². The van der Waals surface area contributed by atoms with Crippen molar-refractivity contribution in [3.05, 3.63) is 21.6 Å². The molecule has 0 radical (unpaired) electrons. The van der Waals surface area contributed by atoms with Crippen LogP contribution in [-0.2, 0) is 0 Å². The number of benzene rings is 1. The van der Waals surface area contributed by atoms with Gasteiger partial charge in [0, 0.05) is 27.1 Å². The summed E-state index contributed by atoms with van der Waals surface area (Å²) < 4.78 is 0. The van der Waals surface area contributed by atoms with Gasteiger partial charge in [0.25, 0.3) is 0 Å². The standard InChI is InChI=1S/C10H11ClO2/c1-5-6(2)10(13)8(4-11)7(3)9(5)12/h4,12-13H,1H2,2-3H3. The maximum Gasteiger partial charge on any atom is 0.127 e. The number of phenolic OH excluding ortho intramolecular Hbond substituents is 2. The third-order valence-corrected chi connectivity index (χ3v) is 2.44. The molecule has 0 atom stereocenters. The molecule has 0 aliphatic heterocycles. The van der Waals surface area contributed by atoms with Crippen LogP contribution in [0.4, 0.5) is 0 Å². The predicted octanol–water partition coefficient (Wildman–Crippen LogP) is 1.10. The van der Waals surface area contributed by atoms with E-state index in [1.54, 1.807) is 13.8 Å². The maximum absolute atomic E-state index is 9.62. The topological polar surface area (TPSA) is 40.5 Å². The van der Waals surface area contributed by atoms with Gasteiger partial charge in [-0.1, -0.05) is 18.2 Å². The van der Waals surface area contributed by atoms with Gasteiger partial charge in [-0.2, -0.15) is 0 Å². The lowest BCUT2D eigenvalue weighted by molar-refractivity contribution is 0.445. The largest absolute Gasteiger partial charge is 0.507 e. The van der Waals surface area contributed by atoms with Crippen LogP contribution in [0.2, 0.25) is 0 Å². The van der Waals surface area contributed by atoms with Gasteiger partial charge in [0.1, 0.15) is 11.5 Å². The van der Waals surface area contributed by atoms with Crippen LogP contribution in [0.15, 0.2) is 0 Å². The van der Waals surface area contributed by atoms with Gasteiger partial charge >= 0.3 is 0 Å². The van der Waals surface area contributed by atoms with E-state index < -0.39 is 0 Å². The van der Waals surface area contributed by atoms with Gasteiger partial charge in [0.2, 0.25) is 0 Å². The highest BCUT2D eigenvalue weighted by Gasteiger charge is 2.07. The van der Waals surface area contributed by atoms with Gasteiger partial charge in [-0.25, -0.2) is 0 Å². The van der Waals surface area contributed by atoms with E-state index >= 15 is 0 Å². The number of hydrogen-bond donors (Lipinski definition) is 2. The first kappa shape index (κ1) is 9.93. The second-order valence-corrected chi connectivity index (χ2v) is 3.17. The fourth-order valence-electron chi connectivity index (χ4n) is 1.19. The molecule has 0 bridgehead atoms. The molecule has 0 unspecified atom stereocenters. The van der Waals surface area contributed by atoms with E-state index in [9.17, 15) is 10.2 Å². The van der Waals surface area contributed by atoms with Crippen LogP contribution in [0.25, 0.3) is 12.1 Å². The zero-order valence-corrected chi connectivity index (χ0v) is 8.31. The van der Waals surface area contributed by atoms with Crippen molar-refractivity contribution in [1.82, 2.24) is 0 Å². The molecule has 2 N–H and O–H groups in total. The number of hydrogen-bond acceptors (Lipinski definition) is 2. The van der Waals surface area contributed by atoms with Gasteiger partial charge in [-0.3, -0.25) is 0 Å². The molecule has 13 heavy (non-hydrogen) atoms. The number of phenols is 2. The molecule has 3 heteroatoms. The fraction of sp³-hybridized carbons (Fsp3) is 0.200. The van der Waals surface area contributed by atoms with Crippen molar-refractivity contribution in [2.24, 2.45) is 0 Å². The summed E-state index contributed by atoms with van der Waals surface area (Å²) in [5.74, 6) is 0.164. The van der Waals surface area contributed by atoms with E-state index in [4.69, 9.17) is 11.6 Å². The number of halogens is 1. The zero-order valence-electron chi connectivity index (χ0n) is 7.56. The normalized spacial score (nSPS) is 12.1. The van der Waals surface area contributed by atoms with Gasteiger partial charge in [0.05, 0.1) is 0 Å². The molecule has 0 aliphatic rings. The van der Waals surface area contributed by atoms with E-state index in [0.717, 1.165) is 0 Å². The molecule has 2 nitrogen and oxygen atoms in total. The second-order valence-electron chi connectivity index (χ2n) is 2.95. The van der Waals surface area contributed by atoms with Gasteiger partial charge in [-0.15, -0.1) is 0 Å². The third kappa shape index (κ3) is 1.38. The summed E-state index contributed by atoms with van der Waals surface area (Å²) in [5, 5.41) is 20.1. The summed E-state index contributed by atoms with van der Waals surface area (Å²) in [5.41, 5.74) is 2.34. The Morgan fingerprint density at radius 1 is 1.15 bits per heavy atom. The first-order valence-corrected chi connectivity index (χ1v) is 4.24. The molecule has 0 saturated heterocycles. The monoisotopic (exact) mass is 198 g/mol. The summed E-state index contributed by atoms with van der Waals surface area (Å²) >= 11 is 5.52. The fourth-order valence-corrected chi connectivity index (χ4v) is 1.45. The Morgan fingerprint density at radius 3 is 2.15 bits per heavy atom. The molecule has 0 aromatic heterocycles. The SMILES string of the molecule is C=c1c(C)c(O)c(=CCl)c(C)c1O. The molecule has 0 heterocycles. The van der Waals surface area contributed by atoms with Crippen LogP contribution < -0.4 is 10.4 Å². The molecule has 70 valence electrons. The Kier molecular flexibility index (Phi) is 2.52. The Labute approximate surface area is 81.4 Å². The van der Waals surface area contributed by atoms with Crippen molar-refractivity contribution >= 4 is 23.7 Å². The lowest BCUT2D eigenvalue weighted by Crippen LogP contribution is -2.16. The first-order valence-electron chi connectivity index (χ1n) is 3.81. The molecular weight excluding hydrogens is 188 g/mol. The molecule has 1 aromatic carbocycles. The van der Waals surface area contributed by atoms with E-state index in [-0.39, 0.29) is 11.5 Å². The lowest BCUT2D eigenvalue weighted by atomic mass is 10.1. The van der Waals surface area contributed by atoms with Crippen LogP contribution in [-0.4, -0.2) is 10.2 Å². The van der Waals surface area contributed by atoms with Crippen LogP contribution >= 0.6 is 11.6 Å². The summed E-state index contributed by atoms with van der Waals surface area (Å²) in [6, 6.07) is 0. The molecule has 1 aromatic rings. The predicted molar refractivity (Wildman–Crippen MR) is 54.3 cm³/mol. The van der Waals surface area contributed by atoms with Crippen molar-refractivity contribution < 1.29 is 10.2 Å². The highest BCUT2D eigenvalue weighted by Crippen LogP contribution is 2.14. The Bertz CT molecular complexity index is 414. The minimum absolute atomic E-state index is 0.0790. The lowest BCUT2D eigenvalue weighted by Gasteiger charge is -2.06. The zero-order chi connectivity index (χ0) is 10.2. The summed E-state index contributed by atoms with van der Waals surface area (Å²) in [4.78, 5) is 0. The summed E-state index contributed by atoms with van der Waals surface area (Å²) in [6.07, 6.45) is 0. The van der Waals surface area contributed by atoms with Crippen molar-refractivity contribution in [1.29, 1.82) is 0 Å². The summed E-state index contributed by atoms with van der Waals surface area (Å²) in [7, 11) is 0. The number of aromatic hydroxyl groups is 2. The van der Waals surface area contributed by atoms with Crippen molar-refractivity contribution in [2.45, 2.75) is 13.8 Å². The van der Waals surface area contributed by atoms with Crippen LogP contribution in [0.5, 0.6) is 11.5 Å². The Morgan fingerprint density at radius 2 is 1.69 bits per heavy atom. The van der Waals surface area contributed by atoms with Crippen molar-refractivity contribution in [3.63, 3.8) is 0 Å². The highest BCUT2D eigenvalue weighted by molar-refractivity contribution is 6.38. The van der Waals surface area contributed by atoms with Gasteiger partial charge in [0.15, 0.2) is 0 Å². The molecule has 0 saturated carbocycles. The molecule has 0 fully saturated rings. The van der Waals surface area contributed by atoms with E-state index in [1.807, 2.05) is 0 Å². The average Bonchev–Trinajstić information content (AvgIpc) is 2.13. The molecule has 0 aliphatic carbocycles. The summed E-state index contributed by atoms with van der Waals surface area (Å²) in [6.45, 7) is 7.01. The second kappa shape index (κ2) is 3.30. The van der Waals surface area contributed by atoms with Crippen molar-refractivity contribution in [3.8, 4) is 11.5 Å². The Balaban J connectivity index is 3.90.